The largest absolute Gasteiger partial charge is 0.352 e. The molecule has 1 aliphatic rings. The van der Waals surface area contributed by atoms with Crippen LogP contribution >= 0.6 is 0 Å². The van der Waals surface area contributed by atoms with Crippen molar-refractivity contribution in [1.82, 2.24) is 10.3 Å². The number of carbonyl (C=O) groups excluding carboxylic acids is 2. The van der Waals surface area contributed by atoms with Crippen molar-refractivity contribution < 1.29 is 9.59 Å². The predicted molar refractivity (Wildman–Crippen MR) is 84.0 cm³/mol. The predicted octanol–water partition coefficient (Wildman–Crippen LogP) is 3.42. The molecule has 0 aromatic carbocycles. The zero-order chi connectivity index (χ0) is 15.7. The summed E-state index contributed by atoms with van der Waals surface area (Å²) >= 11 is 0. The third-order valence-electron chi connectivity index (χ3n) is 4.20. The van der Waals surface area contributed by atoms with E-state index in [-0.39, 0.29) is 11.7 Å². The monoisotopic (exact) mass is 286 g/mol. The van der Waals surface area contributed by atoms with Gasteiger partial charge in [-0.3, -0.25) is 9.59 Å². The molecule has 4 heteroatoms. The van der Waals surface area contributed by atoms with E-state index in [9.17, 15) is 9.59 Å². The average Bonchev–Trinajstić information content (AvgIpc) is 2.85. The summed E-state index contributed by atoms with van der Waals surface area (Å²) in [5, 5.41) is 2.86. The minimum atomic E-state index is -0.0537. The van der Waals surface area contributed by atoms with E-state index in [0.717, 1.165) is 40.1 Å². The van der Waals surface area contributed by atoms with Gasteiger partial charge < -0.3 is 10.3 Å². The van der Waals surface area contributed by atoms with Gasteiger partial charge in [0.1, 0.15) is 0 Å². The van der Waals surface area contributed by atoms with Crippen molar-refractivity contribution in [2.75, 3.05) is 0 Å². The second kappa shape index (κ2) is 5.72. The summed E-state index contributed by atoms with van der Waals surface area (Å²) in [6, 6.07) is 0. The number of hydrogen-bond acceptors (Lipinski definition) is 2. The zero-order valence-corrected chi connectivity index (χ0v) is 13.3. The third kappa shape index (κ3) is 2.71. The molecule has 112 valence electrons. The van der Waals surface area contributed by atoms with E-state index in [1.807, 2.05) is 40.7 Å². The molecule has 0 radical (unpaired) electrons. The van der Waals surface area contributed by atoms with Gasteiger partial charge in [0.2, 0.25) is 0 Å². The Morgan fingerprint density at radius 1 is 1.10 bits per heavy atom. The molecule has 0 unspecified atom stereocenters. The molecule has 0 saturated carbocycles. The Hall–Kier alpha value is -2.10. The van der Waals surface area contributed by atoms with Gasteiger partial charge in [-0.25, -0.2) is 0 Å². The number of amides is 1. The first kappa shape index (κ1) is 15.3. The number of aromatic nitrogens is 1. The molecular formula is C17H22N2O2. The molecule has 21 heavy (non-hydrogen) atoms. The van der Waals surface area contributed by atoms with Gasteiger partial charge in [-0.15, -0.1) is 0 Å². The smallest absolute Gasteiger partial charge is 0.251 e. The summed E-state index contributed by atoms with van der Waals surface area (Å²) in [6.07, 6.45) is 3.30. The molecule has 1 aromatic rings. The fourth-order valence-electron chi connectivity index (χ4n) is 2.46. The van der Waals surface area contributed by atoms with Crippen LogP contribution in [0.4, 0.5) is 0 Å². The topological polar surface area (TPSA) is 62.0 Å². The molecular weight excluding hydrogens is 264 g/mol. The SMILES string of the molecule is CCCC(=O)c1[nH]c(/C=C2\NC(=O)C(C)=C2C)c(C)c1C. The summed E-state index contributed by atoms with van der Waals surface area (Å²) in [5.74, 6) is 0.0867. The van der Waals surface area contributed by atoms with Crippen LogP contribution in [0.5, 0.6) is 0 Å². The highest BCUT2D eigenvalue weighted by atomic mass is 16.2. The highest BCUT2D eigenvalue weighted by Crippen LogP contribution is 2.25. The van der Waals surface area contributed by atoms with Gasteiger partial charge in [0.25, 0.3) is 5.91 Å². The molecule has 0 saturated heterocycles. The van der Waals surface area contributed by atoms with Crippen molar-refractivity contribution in [2.24, 2.45) is 0 Å². The van der Waals surface area contributed by atoms with Crippen LogP contribution in [-0.2, 0) is 4.79 Å². The van der Waals surface area contributed by atoms with Crippen LogP contribution in [0.15, 0.2) is 16.8 Å². The average molecular weight is 286 g/mol. The van der Waals surface area contributed by atoms with Crippen molar-refractivity contribution >= 4 is 17.8 Å². The molecule has 0 atom stereocenters. The van der Waals surface area contributed by atoms with Crippen LogP contribution in [0.25, 0.3) is 6.08 Å². The number of ketones is 1. The van der Waals surface area contributed by atoms with E-state index in [1.165, 1.54) is 0 Å². The Bertz CT molecular complexity index is 675. The molecule has 2 heterocycles. The number of H-pyrrole nitrogens is 1. The van der Waals surface area contributed by atoms with E-state index in [0.29, 0.717) is 12.1 Å². The highest BCUT2D eigenvalue weighted by Gasteiger charge is 2.21. The molecule has 0 fully saturated rings. The quantitative estimate of drug-likeness (QED) is 0.833. The zero-order valence-electron chi connectivity index (χ0n) is 13.3. The lowest BCUT2D eigenvalue weighted by Gasteiger charge is -2.00. The maximum Gasteiger partial charge on any atom is 0.251 e. The van der Waals surface area contributed by atoms with Gasteiger partial charge in [0.15, 0.2) is 5.78 Å². The molecule has 1 aliphatic heterocycles. The molecule has 0 aliphatic carbocycles. The van der Waals surface area contributed by atoms with E-state index >= 15 is 0 Å². The summed E-state index contributed by atoms with van der Waals surface area (Å²) in [5.41, 5.74) is 6.10. The lowest BCUT2D eigenvalue weighted by Crippen LogP contribution is -2.15. The molecule has 1 amide bonds. The van der Waals surface area contributed by atoms with Gasteiger partial charge >= 0.3 is 0 Å². The maximum absolute atomic E-state index is 12.1. The van der Waals surface area contributed by atoms with Crippen LogP contribution in [-0.4, -0.2) is 16.7 Å². The van der Waals surface area contributed by atoms with Crippen molar-refractivity contribution in [3.05, 3.63) is 39.4 Å². The lowest BCUT2D eigenvalue weighted by molar-refractivity contribution is -0.116. The van der Waals surface area contributed by atoms with Gasteiger partial charge in [0, 0.05) is 23.4 Å². The fourth-order valence-corrected chi connectivity index (χ4v) is 2.46. The van der Waals surface area contributed by atoms with Crippen molar-refractivity contribution in [2.45, 2.75) is 47.5 Å². The molecule has 2 rings (SSSR count). The summed E-state index contributed by atoms with van der Waals surface area (Å²) < 4.78 is 0. The van der Waals surface area contributed by atoms with E-state index in [4.69, 9.17) is 0 Å². The lowest BCUT2D eigenvalue weighted by atomic mass is 10.1. The first-order valence-electron chi connectivity index (χ1n) is 7.30. The summed E-state index contributed by atoms with van der Waals surface area (Å²) in [4.78, 5) is 27.0. The first-order valence-corrected chi connectivity index (χ1v) is 7.30. The second-order valence-electron chi connectivity index (χ2n) is 5.60. The van der Waals surface area contributed by atoms with Gasteiger partial charge in [-0.1, -0.05) is 6.92 Å². The number of aromatic amines is 1. The molecule has 0 bridgehead atoms. The van der Waals surface area contributed by atoms with Gasteiger partial charge in [0.05, 0.1) is 5.69 Å². The van der Waals surface area contributed by atoms with Gasteiger partial charge in [-0.2, -0.15) is 0 Å². The first-order chi connectivity index (χ1) is 9.86. The van der Waals surface area contributed by atoms with Crippen molar-refractivity contribution in [3.63, 3.8) is 0 Å². The third-order valence-corrected chi connectivity index (χ3v) is 4.20. The number of carbonyl (C=O) groups is 2. The molecule has 1 aromatic heterocycles. The number of rotatable bonds is 4. The molecule has 4 nitrogen and oxygen atoms in total. The van der Waals surface area contributed by atoms with Crippen molar-refractivity contribution in [1.29, 1.82) is 0 Å². The van der Waals surface area contributed by atoms with Crippen LogP contribution in [0.2, 0.25) is 0 Å². The Morgan fingerprint density at radius 3 is 2.29 bits per heavy atom. The number of nitrogens with one attached hydrogen (secondary N) is 2. The Balaban J connectivity index is 2.41. The summed E-state index contributed by atoms with van der Waals surface area (Å²) in [6.45, 7) is 9.68. The minimum absolute atomic E-state index is 0.0537. The highest BCUT2D eigenvalue weighted by molar-refractivity contribution is 6.01. The summed E-state index contributed by atoms with van der Waals surface area (Å²) in [7, 11) is 0. The fraction of sp³-hybridized carbons (Fsp3) is 0.412. The molecule has 2 N–H and O–H groups in total. The van der Waals surface area contributed by atoms with Crippen LogP contribution in [0.1, 0.15) is 60.9 Å². The van der Waals surface area contributed by atoms with Crippen LogP contribution < -0.4 is 5.32 Å². The second-order valence-corrected chi connectivity index (χ2v) is 5.60. The Kier molecular flexibility index (Phi) is 4.16. The van der Waals surface area contributed by atoms with E-state index in [1.54, 1.807) is 0 Å². The van der Waals surface area contributed by atoms with Gasteiger partial charge in [-0.05, 0) is 56.9 Å². The standard InChI is InChI=1S/C17H22N2O2/c1-6-7-15(20)16-11(4)9(2)13(18-16)8-14-10(3)12(5)17(21)19-14/h8,18H,6-7H2,1-5H3,(H,19,21)/b14-8-. The Labute approximate surface area is 125 Å². The number of Topliss-reactive ketones (excluding diaryl/α,β-unsaturated/α-hetero) is 1. The van der Waals surface area contributed by atoms with Crippen LogP contribution in [0.3, 0.4) is 0 Å². The van der Waals surface area contributed by atoms with Crippen LogP contribution in [0, 0.1) is 13.8 Å². The maximum atomic E-state index is 12.1. The van der Waals surface area contributed by atoms with E-state index in [2.05, 4.69) is 10.3 Å². The minimum Gasteiger partial charge on any atom is -0.352 e. The van der Waals surface area contributed by atoms with Crippen molar-refractivity contribution in [3.8, 4) is 0 Å². The normalized spacial score (nSPS) is 16.8. The Morgan fingerprint density at radius 2 is 1.76 bits per heavy atom. The van der Waals surface area contributed by atoms with E-state index < -0.39 is 0 Å². The number of hydrogen-bond donors (Lipinski definition) is 2. The molecule has 0 spiro atoms. The number of allylic oxidation sites excluding steroid dienone is 1.